The number of hydrogen-bond acceptors (Lipinski definition) is 3. The van der Waals surface area contributed by atoms with Gasteiger partial charge >= 0.3 is 0 Å². The average Bonchev–Trinajstić information content (AvgIpc) is 2.96. The zero-order valence-corrected chi connectivity index (χ0v) is 8.73. The number of aryl methyl sites for hydroxylation is 1. The lowest BCUT2D eigenvalue weighted by molar-refractivity contribution is -0.121. The molecule has 2 rings (SSSR count). The summed E-state index contributed by atoms with van der Waals surface area (Å²) in [6.07, 6.45) is 6.34. The van der Waals surface area contributed by atoms with E-state index in [0.717, 1.165) is 11.3 Å². The van der Waals surface area contributed by atoms with Crippen molar-refractivity contribution in [1.29, 1.82) is 0 Å². The first-order chi connectivity index (χ1) is 7.84. The van der Waals surface area contributed by atoms with Crippen molar-refractivity contribution in [2.24, 2.45) is 0 Å². The third kappa shape index (κ3) is 2.94. The molecule has 2 aromatic heterocycles. The first-order valence-corrected chi connectivity index (χ1v) is 5.07. The molecule has 6 nitrogen and oxygen atoms in total. The standard InChI is InChI=1S/C10H13N5O/c16-10(2-1-8-5-13-14-6-8)11-7-9-3-4-12-15-9/h3-6H,1-2,7H2,(H,11,16)(H,12,15)(H,13,14). The highest BCUT2D eigenvalue weighted by Crippen LogP contribution is 1.99. The maximum absolute atomic E-state index is 11.5. The van der Waals surface area contributed by atoms with Gasteiger partial charge in [0.15, 0.2) is 0 Å². The summed E-state index contributed by atoms with van der Waals surface area (Å²) in [4.78, 5) is 11.5. The zero-order chi connectivity index (χ0) is 11.2. The number of aromatic amines is 2. The number of H-pyrrole nitrogens is 2. The van der Waals surface area contributed by atoms with E-state index in [1.54, 1.807) is 18.6 Å². The molecular formula is C10H13N5O. The highest BCUT2D eigenvalue weighted by molar-refractivity contribution is 5.76. The molecule has 0 bridgehead atoms. The Bertz CT molecular complexity index is 380. The molecule has 0 fully saturated rings. The lowest BCUT2D eigenvalue weighted by Gasteiger charge is -2.02. The van der Waals surface area contributed by atoms with Crippen LogP contribution in [0.3, 0.4) is 0 Å². The van der Waals surface area contributed by atoms with Gasteiger partial charge in [0.05, 0.1) is 18.4 Å². The normalized spacial score (nSPS) is 10.2. The number of amides is 1. The van der Waals surface area contributed by atoms with Crippen LogP contribution in [0.4, 0.5) is 0 Å². The molecule has 0 unspecified atom stereocenters. The lowest BCUT2D eigenvalue weighted by Crippen LogP contribution is -2.23. The Labute approximate surface area is 92.5 Å². The quantitative estimate of drug-likeness (QED) is 0.679. The van der Waals surface area contributed by atoms with E-state index in [2.05, 4.69) is 25.7 Å². The van der Waals surface area contributed by atoms with E-state index in [9.17, 15) is 4.79 Å². The summed E-state index contributed by atoms with van der Waals surface area (Å²) in [5.74, 6) is 0.0239. The molecule has 16 heavy (non-hydrogen) atoms. The van der Waals surface area contributed by atoms with Crippen LogP contribution >= 0.6 is 0 Å². The molecule has 0 saturated carbocycles. The van der Waals surface area contributed by atoms with Gasteiger partial charge in [0.1, 0.15) is 0 Å². The molecule has 2 heterocycles. The van der Waals surface area contributed by atoms with Crippen molar-refractivity contribution < 1.29 is 4.79 Å². The Morgan fingerprint density at radius 2 is 2.38 bits per heavy atom. The zero-order valence-electron chi connectivity index (χ0n) is 8.73. The lowest BCUT2D eigenvalue weighted by atomic mass is 10.2. The summed E-state index contributed by atoms with van der Waals surface area (Å²) in [7, 11) is 0. The van der Waals surface area contributed by atoms with Crippen LogP contribution in [0.2, 0.25) is 0 Å². The fraction of sp³-hybridized carbons (Fsp3) is 0.300. The molecule has 0 atom stereocenters. The highest BCUT2D eigenvalue weighted by Gasteiger charge is 2.03. The van der Waals surface area contributed by atoms with Gasteiger partial charge in [-0.2, -0.15) is 10.2 Å². The Morgan fingerprint density at radius 3 is 3.06 bits per heavy atom. The van der Waals surface area contributed by atoms with Gasteiger partial charge in [-0.3, -0.25) is 15.0 Å². The van der Waals surface area contributed by atoms with Gasteiger partial charge < -0.3 is 5.32 Å². The van der Waals surface area contributed by atoms with Crippen LogP contribution in [0.15, 0.2) is 24.7 Å². The second-order valence-corrected chi connectivity index (χ2v) is 3.47. The van der Waals surface area contributed by atoms with Crippen LogP contribution < -0.4 is 5.32 Å². The van der Waals surface area contributed by atoms with Crippen LogP contribution in [0.25, 0.3) is 0 Å². The SMILES string of the molecule is O=C(CCc1cn[nH]c1)NCc1ccn[nH]1. The van der Waals surface area contributed by atoms with E-state index in [1.165, 1.54) is 0 Å². The van der Waals surface area contributed by atoms with E-state index in [4.69, 9.17) is 0 Å². The van der Waals surface area contributed by atoms with Crippen molar-refractivity contribution in [3.63, 3.8) is 0 Å². The Hall–Kier alpha value is -2.11. The number of nitrogens with zero attached hydrogens (tertiary/aromatic N) is 2. The van der Waals surface area contributed by atoms with Crippen molar-refractivity contribution >= 4 is 5.91 Å². The maximum atomic E-state index is 11.5. The van der Waals surface area contributed by atoms with Crippen molar-refractivity contribution in [1.82, 2.24) is 25.7 Å². The Kier molecular flexibility index (Phi) is 3.32. The summed E-state index contributed by atoms with van der Waals surface area (Å²) < 4.78 is 0. The number of rotatable bonds is 5. The van der Waals surface area contributed by atoms with Gasteiger partial charge in [0.25, 0.3) is 0 Å². The fourth-order valence-corrected chi connectivity index (χ4v) is 1.34. The first kappa shape index (κ1) is 10.4. The Morgan fingerprint density at radius 1 is 1.44 bits per heavy atom. The molecule has 0 aliphatic rings. The minimum absolute atomic E-state index is 0.0239. The van der Waals surface area contributed by atoms with E-state index in [1.807, 2.05) is 6.07 Å². The Balaban J connectivity index is 1.69. The number of nitrogens with one attached hydrogen (secondary N) is 3. The number of carbonyl (C=O) groups is 1. The van der Waals surface area contributed by atoms with Crippen molar-refractivity contribution in [2.45, 2.75) is 19.4 Å². The maximum Gasteiger partial charge on any atom is 0.220 e. The smallest absolute Gasteiger partial charge is 0.220 e. The third-order valence-electron chi connectivity index (χ3n) is 2.23. The van der Waals surface area contributed by atoms with Crippen LogP contribution in [0.1, 0.15) is 17.7 Å². The van der Waals surface area contributed by atoms with Crippen molar-refractivity contribution in [3.05, 3.63) is 35.9 Å². The predicted octanol–water partition coefficient (Wildman–Crippen LogP) is 0.382. The summed E-state index contributed by atoms with van der Waals surface area (Å²) >= 11 is 0. The topological polar surface area (TPSA) is 86.5 Å². The van der Waals surface area contributed by atoms with Gasteiger partial charge in [0.2, 0.25) is 5.91 Å². The molecule has 3 N–H and O–H groups in total. The minimum Gasteiger partial charge on any atom is -0.350 e. The summed E-state index contributed by atoms with van der Waals surface area (Å²) in [6, 6.07) is 1.83. The molecule has 0 aromatic carbocycles. The van der Waals surface area contributed by atoms with E-state index in [-0.39, 0.29) is 5.91 Å². The van der Waals surface area contributed by atoms with Gasteiger partial charge in [-0.25, -0.2) is 0 Å². The molecule has 0 aliphatic carbocycles. The monoisotopic (exact) mass is 219 g/mol. The van der Waals surface area contributed by atoms with E-state index in [0.29, 0.717) is 19.4 Å². The first-order valence-electron chi connectivity index (χ1n) is 5.07. The minimum atomic E-state index is 0.0239. The van der Waals surface area contributed by atoms with Crippen molar-refractivity contribution in [2.75, 3.05) is 0 Å². The van der Waals surface area contributed by atoms with Gasteiger partial charge in [0, 0.05) is 18.8 Å². The van der Waals surface area contributed by atoms with Crippen LogP contribution in [0.5, 0.6) is 0 Å². The van der Waals surface area contributed by atoms with Gasteiger partial charge in [-0.1, -0.05) is 0 Å². The van der Waals surface area contributed by atoms with Gasteiger partial charge in [-0.15, -0.1) is 0 Å². The number of carbonyl (C=O) groups excluding carboxylic acids is 1. The molecule has 0 aliphatic heterocycles. The van der Waals surface area contributed by atoms with E-state index >= 15 is 0 Å². The molecule has 6 heteroatoms. The fourth-order valence-electron chi connectivity index (χ4n) is 1.34. The third-order valence-corrected chi connectivity index (χ3v) is 2.23. The molecule has 2 aromatic rings. The number of hydrogen-bond donors (Lipinski definition) is 3. The van der Waals surface area contributed by atoms with Crippen LogP contribution in [0, 0.1) is 0 Å². The molecule has 0 saturated heterocycles. The summed E-state index contributed by atoms with van der Waals surface area (Å²) in [5, 5.41) is 15.9. The van der Waals surface area contributed by atoms with E-state index < -0.39 is 0 Å². The van der Waals surface area contributed by atoms with Crippen LogP contribution in [-0.2, 0) is 17.8 Å². The number of aromatic nitrogens is 4. The largest absolute Gasteiger partial charge is 0.350 e. The average molecular weight is 219 g/mol. The second-order valence-electron chi connectivity index (χ2n) is 3.47. The van der Waals surface area contributed by atoms with Gasteiger partial charge in [-0.05, 0) is 18.1 Å². The second kappa shape index (κ2) is 5.11. The molecular weight excluding hydrogens is 206 g/mol. The van der Waals surface area contributed by atoms with Crippen molar-refractivity contribution in [3.8, 4) is 0 Å². The predicted molar refractivity (Wildman–Crippen MR) is 57.3 cm³/mol. The molecule has 84 valence electrons. The molecule has 0 spiro atoms. The van der Waals surface area contributed by atoms with Crippen LogP contribution in [-0.4, -0.2) is 26.3 Å². The summed E-state index contributed by atoms with van der Waals surface area (Å²) in [5.41, 5.74) is 1.94. The summed E-state index contributed by atoms with van der Waals surface area (Å²) in [6.45, 7) is 0.490. The highest BCUT2D eigenvalue weighted by atomic mass is 16.1. The molecule has 0 radical (unpaired) electrons. The molecule has 1 amide bonds.